The summed E-state index contributed by atoms with van der Waals surface area (Å²) in [4.78, 5) is 70.7. The van der Waals surface area contributed by atoms with Crippen LogP contribution in [0.1, 0.15) is 78.6 Å². The molecule has 14 nitrogen and oxygen atoms in total. The van der Waals surface area contributed by atoms with E-state index in [2.05, 4.69) is 99.5 Å². The van der Waals surface area contributed by atoms with E-state index in [1.807, 2.05) is 12.1 Å². The molecular formula is C44H46N10O4S2. The molecule has 308 valence electrons. The van der Waals surface area contributed by atoms with E-state index in [0.717, 1.165) is 65.0 Å². The third-order valence-electron chi connectivity index (χ3n) is 10.1. The molecule has 4 aromatic heterocycles. The van der Waals surface area contributed by atoms with Gasteiger partial charge in [-0.05, 0) is 61.1 Å². The molecule has 0 aliphatic carbocycles. The summed E-state index contributed by atoms with van der Waals surface area (Å²) in [6, 6.07) is 29.5. The van der Waals surface area contributed by atoms with E-state index in [0.29, 0.717) is 32.9 Å². The smallest absolute Gasteiger partial charge is 0.276 e. The molecule has 0 saturated carbocycles. The number of likely N-dealkylation sites (tertiary alicyclic amines) is 2. The second kappa shape index (κ2) is 21.2. The molecule has 2 aliphatic rings. The summed E-state index contributed by atoms with van der Waals surface area (Å²) in [5.74, 6) is -1.02. The summed E-state index contributed by atoms with van der Waals surface area (Å²) in [5, 5.41) is 15.7. The number of pyridine rings is 2. The Labute approximate surface area is 356 Å². The maximum atomic E-state index is 12.6. The number of rotatable bonds is 12. The first kappa shape index (κ1) is 41.9. The van der Waals surface area contributed by atoms with E-state index < -0.39 is 0 Å². The number of aromatic nitrogens is 4. The first-order valence-electron chi connectivity index (χ1n) is 19.8. The van der Waals surface area contributed by atoms with Gasteiger partial charge in [0.05, 0.1) is 0 Å². The van der Waals surface area contributed by atoms with Crippen LogP contribution in [0.5, 0.6) is 0 Å². The minimum absolute atomic E-state index is 0.137. The molecule has 6 aromatic rings. The lowest BCUT2D eigenvalue weighted by Gasteiger charge is -2.32. The maximum absolute atomic E-state index is 12.6. The number of piperidine rings is 2. The van der Waals surface area contributed by atoms with Crippen molar-refractivity contribution in [2.45, 2.75) is 50.9 Å². The molecule has 0 radical (unpaired) electrons. The van der Waals surface area contributed by atoms with Crippen molar-refractivity contribution in [3.8, 4) is 0 Å². The molecule has 0 unspecified atom stereocenters. The summed E-state index contributed by atoms with van der Waals surface area (Å²) < 4.78 is 0. The van der Waals surface area contributed by atoms with Gasteiger partial charge in [-0.3, -0.25) is 49.6 Å². The van der Waals surface area contributed by atoms with Gasteiger partial charge in [-0.15, -0.1) is 22.7 Å². The average molecular weight is 843 g/mol. The zero-order valence-corrected chi connectivity index (χ0v) is 34.5. The van der Waals surface area contributed by atoms with Crippen molar-refractivity contribution >= 4 is 56.6 Å². The van der Waals surface area contributed by atoms with Crippen LogP contribution in [0.3, 0.4) is 0 Å². The molecule has 2 aliphatic heterocycles. The van der Waals surface area contributed by atoms with Gasteiger partial charge in [-0.25, -0.2) is 9.97 Å². The fourth-order valence-corrected chi connectivity index (χ4v) is 8.25. The van der Waals surface area contributed by atoms with E-state index in [-0.39, 0.29) is 35.7 Å². The summed E-state index contributed by atoms with van der Waals surface area (Å²) in [7, 11) is 0. The van der Waals surface area contributed by atoms with Gasteiger partial charge < -0.3 is 10.6 Å². The number of nitrogens with one attached hydrogen (secondary N) is 4. The first-order chi connectivity index (χ1) is 29.3. The fourth-order valence-electron chi connectivity index (χ4n) is 6.87. The average Bonchev–Trinajstić information content (AvgIpc) is 3.97. The predicted octanol–water partition coefficient (Wildman–Crippen LogP) is 6.37. The largest absolute Gasteiger partial charge is 0.348 e. The van der Waals surface area contributed by atoms with Crippen LogP contribution in [0.4, 0.5) is 10.3 Å². The molecule has 0 atom stereocenters. The summed E-state index contributed by atoms with van der Waals surface area (Å²) >= 11 is 2.46. The summed E-state index contributed by atoms with van der Waals surface area (Å²) in [6.45, 7) is 5.67. The van der Waals surface area contributed by atoms with Crippen LogP contribution in [-0.4, -0.2) is 91.6 Å². The SMILES string of the molecule is O=C(Nc1nc(C(=O)NC2CCN(Cc3ccccc3)CC2)cs1)c1ccccn1.O=C(Nc1nc(C(=O)NC2CCN(Cc3ccccc3)CC2)cs1)c1ccncc1. The number of hydrogen-bond acceptors (Lipinski definition) is 12. The summed E-state index contributed by atoms with van der Waals surface area (Å²) in [6.07, 6.45) is 8.31. The van der Waals surface area contributed by atoms with E-state index in [1.165, 1.54) is 33.8 Å². The van der Waals surface area contributed by atoms with Crippen LogP contribution in [0.15, 0.2) is 120 Å². The zero-order valence-electron chi connectivity index (χ0n) is 32.9. The number of hydrogen-bond donors (Lipinski definition) is 4. The molecule has 60 heavy (non-hydrogen) atoms. The minimum atomic E-state index is -0.345. The predicted molar refractivity (Wildman–Crippen MR) is 233 cm³/mol. The Balaban J connectivity index is 0.000000181. The summed E-state index contributed by atoms with van der Waals surface area (Å²) in [5.41, 5.74) is 4.07. The van der Waals surface area contributed by atoms with Crippen molar-refractivity contribution in [1.29, 1.82) is 0 Å². The van der Waals surface area contributed by atoms with Crippen molar-refractivity contribution in [3.63, 3.8) is 0 Å². The number of carbonyl (C=O) groups excluding carboxylic acids is 4. The van der Waals surface area contributed by atoms with Crippen LogP contribution in [0.2, 0.25) is 0 Å². The Morgan fingerprint density at radius 1 is 0.533 bits per heavy atom. The van der Waals surface area contributed by atoms with Gasteiger partial charge in [0, 0.05) is 86.3 Å². The molecule has 2 fully saturated rings. The molecule has 8 rings (SSSR count). The van der Waals surface area contributed by atoms with Gasteiger partial charge in [0.25, 0.3) is 23.6 Å². The van der Waals surface area contributed by atoms with Crippen molar-refractivity contribution in [3.05, 3.63) is 154 Å². The van der Waals surface area contributed by atoms with Crippen LogP contribution in [-0.2, 0) is 13.1 Å². The highest BCUT2D eigenvalue weighted by atomic mass is 32.1. The van der Waals surface area contributed by atoms with Gasteiger partial charge in [-0.1, -0.05) is 66.7 Å². The molecule has 4 amide bonds. The molecule has 0 bridgehead atoms. The van der Waals surface area contributed by atoms with Gasteiger partial charge in [-0.2, -0.15) is 0 Å². The van der Waals surface area contributed by atoms with E-state index in [4.69, 9.17) is 0 Å². The van der Waals surface area contributed by atoms with Crippen molar-refractivity contribution in [2.75, 3.05) is 36.8 Å². The fraction of sp³-hybridized carbons (Fsp3) is 0.273. The Bertz CT molecular complexity index is 2130. The first-order valence-corrected chi connectivity index (χ1v) is 21.6. The Kier molecular flexibility index (Phi) is 14.8. The highest BCUT2D eigenvalue weighted by molar-refractivity contribution is 7.14. The second-order valence-electron chi connectivity index (χ2n) is 14.5. The van der Waals surface area contributed by atoms with Crippen LogP contribution in [0.25, 0.3) is 0 Å². The monoisotopic (exact) mass is 842 g/mol. The van der Waals surface area contributed by atoms with E-state index in [9.17, 15) is 19.2 Å². The van der Waals surface area contributed by atoms with Crippen molar-refractivity contribution < 1.29 is 19.2 Å². The normalized spacial score (nSPS) is 14.9. The van der Waals surface area contributed by atoms with Crippen LogP contribution >= 0.6 is 22.7 Å². The van der Waals surface area contributed by atoms with Crippen molar-refractivity contribution in [1.82, 2.24) is 40.4 Å². The molecular weight excluding hydrogens is 797 g/mol. The van der Waals surface area contributed by atoms with Gasteiger partial charge in [0.2, 0.25) is 0 Å². The number of thiazole rings is 2. The highest BCUT2D eigenvalue weighted by Gasteiger charge is 2.24. The molecule has 6 heterocycles. The highest BCUT2D eigenvalue weighted by Crippen LogP contribution is 2.20. The standard InChI is InChI=1S/2C22H23N5O2S/c28-20(18-8-4-5-11-23-18)26-22-25-19(15-30-22)21(29)24-17-9-12-27(13-10-17)14-16-6-2-1-3-7-16;28-20(17-6-10-23-11-7-17)26-22-25-19(15-30-22)21(29)24-18-8-12-27(13-9-18)14-16-4-2-1-3-5-16/h1-8,11,15,17H,9-10,12-14H2,(H,24,29)(H,25,26,28);1-7,10-11,15,18H,8-9,12-14H2,(H,24,29)(H,25,26,28). The molecule has 4 N–H and O–H groups in total. The molecule has 2 aromatic carbocycles. The van der Waals surface area contributed by atoms with Gasteiger partial charge in [0.1, 0.15) is 17.1 Å². The lowest BCUT2D eigenvalue weighted by atomic mass is 10.0. The Morgan fingerprint density at radius 2 is 1.00 bits per heavy atom. The third kappa shape index (κ3) is 12.4. The topological polar surface area (TPSA) is 174 Å². The number of amides is 4. The van der Waals surface area contributed by atoms with Gasteiger partial charge in [0.15, 0.2) is 10.3 Å². The molecule has 2 saturated heterocycles. The van der Waals surface area contributed by atoms with Crippen LogP contribution < -0.4 is 21.3 Å². The maximum Gasteiger partial charge on any atom is 0.276 e. The number of benzene rings is 2. The molecule has 16 heteroatoms. The van der Waals surface area contributed by atoms with Gasteiger partial charge >= 0.3 is 0 Å². The minimum Gasteiger partial charge on any atom is -0.348 e. The van der Waals surface area contributed by atoms with Crippen LogP contribution in [0, 0.1) is 0 Å². The second-order valence-corrected chi connectivity index (χ2v) is 16.2. The number of carbonyl (C=O) groups is 4. The number of nitrogens with zero attached hydrogens (tertiary/aromatic N) is 6. The molecule has 0 spiro atoms. The quantitative estimate of drug-likeness (QED) is 0.108. The lowest BCUT2D eigenvalue weighted by Crippen LogP contribution is -2.44. The Hall–Kier alpha value is -6.20. The Morgan fingerprint density at radius 3 is 1.47 bits per heavy atom. The van der Waals surface area contributed by atoms with Crippen molar-refractivity contribution in [2.24, 2.45) is 0 Å². The van der Waals surface area contributed by atoms with E-state index >= 15 is 0 Å². The lowest BCUT2D eigenvalue weighted by molar-refractivity contribution is 0.0896. The third-order valence-corrected chi connectivity index (χ3v) is 11.6. The van der Waals surface area contributed by atoms with E-state index in [1.54, 1.807) is 59.7 Å². The zero-order chi connectivity index (χ0) is 41.5. The number of anilines is 2.